The highest BCUT2D eigenvalue weighted by Crippen LogP contribution is 1.91. The zero-order valence-corrected chi connectivity index (χ0v) is 9.19. The molecule has 0 rings (SSSR count). The minimum Gasteiger partial charge on any atom is -0.480 e. The molecule has 0 aromatic heterocycles. The van der Waals surface area contributed by atoms with Crippen LogP contribution in [0.25, 0.3) is 0 Å². The van der Waals surface area contributed by atoms with Crippen LogP contribution in [0.3, 0.4) is 0 Å². The zero-order chi connectivity index (χ0) is 12.7. The van der Waals surface area contributed by atoms with Crippen LogP contribution >= 0.6 is 0 Å². The largest absolute Gasteiger partial charge is 0.480 e. The number of carbonyl (C=O) groups is 3. The molecule has 0 aliphatic rings. The third kappa shape index (κ3) is 5.30. The van der Waals surface area contributed by atoms with Crippen LogP contribution in [0.4, 0.5) is 0 Å². The van der Waals surface area contributed by atoms with E-state index in [-0.39, 0.29) is 6.42 Å². The fraction of sp³-hybridized carbons (Fsp3) is 0.667. The average Bonchev–Trinajstić information content (AvgIpc) is 2.24. The Kier molecular flexibility index (Phi) is 6.09. The summed E-state index contributed by atoms with van der Waals surface area (Å²) in [5, 5.41) is 21.8. The van der Waals surface area contributed by atoms with E-state index in [1.54, 1.807) is 6.92 Å². The van der Waals surface area contributed by atoms with E-state index < -0.39 is 36.5 Å². The van der Waals surface area contributed by atoms with E-state index in [0.29, 0.717) is 0 Å². The van der Waals surface area contributed by atoms with Crippen molar-refractivity contribution in [1.82, 2.24) is 10.6 Å². The van der Waals surface area contributed by atoms with Crippen LogP contribution in [-0.4, -0.2) is 46.7 Å². The number of hydrogen-bond acceptors (Lipinski definition) is 4. The molecule has 2 amide bonds. The number of aliphatic hydroxyl groups excluding tert-OH is 1. The number of carboxylic acid groups (broad SMARTS) is 1. The summed E-state index contributed by atoms with van der Waals surface area (Å²) in [6, 6.07) is -0.881. The first kappa shape index (κ1) is 14.4. The third-order valence-corrected chi connectivity index (χ3v) is 1.86. The number of carboxylic acids is 1. The standard InChI is InChI=1S/C9H16N2O5/c1-3-6(12)9(16)11-5(2)8(15)10-4-7(13)14/h5-6,12H,3-4H2,1-2H3,(H,10,15)(H,11,16)(H,13,14)/t5-,6?/m0/s1. The van der Waals surface area contributed by atoms with Crippen molar-refractivity contribution in [3.63, 3.8) is 0 Å². The van der Waals surface area contributed by atoms with E-state index >= 15 is 0 Å². The van der Waals surface area contributed by atoms with E-state index in [0.717, 1.165) is 0 Å². The summed E-state index contributed by atoms with van der Waals surface area (Å²) in [5.74, 6) is -2.43. The number of hydrogen-bond donors (Lipinski definition) is 4. The summed E-state index contributed by atoms with van der Waals surface area (Å²) >= 11 is 0. The number of aliphatic carboxylic acids is 1. The second kappa shape index (κ2) is 6.78. The van der Waals surface area contributed by atoms with Crippen molar-refractivity contribution >= 4 is 17.8 Å². The topological polar surface area (TPSA) is 116 Å². The van der Waals surface area contributed by atoms with Crippen molar-refractivity contribution in [2.75, 3.05) is 6.54 Å². The number of carbonyl (C=O) groups excluding carboxylic acids is 2. The SMILES string of the molecule is CCC(O)C(=O)N[C@@H](C)C(=O)NCC(=O)O. The Morgan fingerprint density at radius 3 is 2.25 bits per heavy atom. The fourth-order valence-corrected chi connectivity index (χ4v) is 0.876. The van der Waals surface area contributed by atoms with Gasteiger partial charge in [0, 0.05) is 0 Å². The molecular formula is C9H16N2O5. The van der Waals surface area contributed by atoms with Crippen molar-refractivity contribution in [3.05, 3.63) is 0 Å². The Hall–Kier alpha value is -1.63. The number of nitrogens with one attached hydrogen (secondary N) is 2. The second-order valence-electron chi connectivity index (χ2n) is 3.27. The lowest BCUT2D eigenvalue weighted by molar-refractivity contribution is -0.138. The Morgan fingerprint density at radius 1 is 1.25 bits per heavy atom. The number of amides is 2. The van der Waals surface area contributed by atoms with Gasteiger partial charge in [-0.15, -0.1) is 0 Å². The van der Waals surface area contributed by atoms with Gasteiger partial charge >= 0.3 is 5.97 Å². The summed E-state index contributed by atoms with van der Waals surface area (Å²) in [7, 11) is 0. The molecule has 0 spiro atoms. The van der Waals surface area contributed by atoms with Gasteiger partial charge in [0.25, 0.3) is 0 Å². The first-order chi connectivity index (χ1) is 7.38. The highest BCUT2D eigenvalue weighted by molar-refractivity contribution is 5.90. The van der Waals surface area contributed by atoms with Crippen molar-refractivity contribution in [1.29, 1.82) is 0 Å². The predicted molar refractivity (Wildman–Crippen MR) is 54.5 cm³/mol. The monoisotopic (exact) mass is 232 g/mol. The maximum absolute atomic E-state index is 11.2. The lowest BCUT2D eigenvalue weighted by atomic mass is 10.2. The highest BCUT2D eigenvalue weighted by Gasteiger charge is 2.19. The predicted octanol–water partition coefficient (Wildman–Crippen LogP) is -1.54. The third-order valence-electron chi connectivity index (χ3n) is 1.86. The normalized spacial score (nSPS) is 13.7. The zero-order valence-electron chi connectivity index (χ0n) is 9.19. The summed E-state index contributed by atoms with van der Waals surface area (Å²) in [5.41, 5.74) is 0. The summed E-state index contributed by atoms with van der Waals surface area (Å²) in [6.45, 7) is 2.52. The molecule has 4 N–H and O–H groups in total. The molecule has 0 fully saturated rings. The van der Waals surface area contributed by atoms with Gasteiger partial charge in [0.15, 0.2) is 0 Å². The van der Waals surface area contributed by atoms with Crippen LogP contribution in [0.5, 0.6) is 0 Å². The Morgan fingerprint density at radius 2 is 1.81 bits per heavy atom. The highest BCUT2D eigenvalue weighted by atomic mass is 16.4. The Bertz CT molecular complexity index is 279. The molecule has 2 atom stereocenters. The van der Waals surface area contributed by atoms with Crippen LogP contribution in [0, 0.1) is 0 Å². The van der Waals surface area contributed by atoms with E-state index in [1.807, 2.05) is 0 Å². The van der Waals surface area contributed by atoms with Crippen molar-refractivity contribution in [2.24, 2.45) is 0 Å². The van der Waals surface area contributed by atoms with E-state index in [4.69, 9.17) is 10.2 Å². The van der Waals surface area contributed by atoms with Gasteiger partial charge in [-0.05, 0) is 13.3 Å². The summed E-state index contributed by atoms with van der Waals surface area (Å²) in [4.78, 5) is 32.6. The molecule has 0 saturated heterocycles. The summed E-state index contributed by atoms with van der Waals surface area (Å²) < 4.78 is 0. The lowest BCUT2D eigenvalue weighted by Crippen LogP contribution is -2.48. The minimum atomic E-state index is -1.17. The number of aliphatic hydroxyl groups is 1. The van der Waals surface area contributed by atoms with Crippen LogP contribution in [-0.2, 0) is 14.4 Å². The molecule has 0 radical (unpaired) electrons. The molecule has 0 saturated carbocycles. The Balaban J connectivity index is 4.05. The van der Waals surface area contributed by atoms with Crippen LogP contribution < -0.4 is 10.6 Å². The molecular weight excluding hydrogens is 216 g/mol. The molecule has 0 aliphatic heterocycles. The van der Waals surface area contributed by atoms with Gasteiger partial charge in [-0.1, -0.05) is 6.92 Å². The molecule has 7 heteroatoms. The second-order valence-corrected chi connectivity index (χ2v) is 3.27. The molecule has 0 aromatic rings. The quantitative estimate of drug-likeness (QED) is 0.443. The van der Waals surface area contributed by atoms with Crippen molar-refractivity contribution in [3.8, 4) is 0 Å². The van der Waals surface area contributed by atoms with Crippen molar-refractivity contribution < 1.29 is 24.6 Å². The lowest BCUT2D eigenvalue weighted by Gasteiger charge is -2.15. The Labute approximate surface area is 92.8 Å². The van der Waals surface area contributed by atoms with Crippen LogP contribution in [0.15, 0.2) is 0 Å². The molecule has 7 nitrogen and oxygen atoms in total. The maximum atomic E-state index is 11.2. The molecule has 1 unspecified atom stereocenters. The van der Waals surface area contributed by atoms with Gasteiger partial charge in [0.05, 0.1) is 0 Å². The molecule has 0 bridgehead atoms. The molecule has 0 heterocycles. The van der Waals surface area contributed by atoms with Crippen molar-refractivity contribution in [2.45, 2.75) is 32.4 Å². The molecule has 0 aliphatic carbocycles. The van der Waals surface area contributed by atoms with Gasteiger partial charge < -0.3 is 20.8 Å². The van der Waals surface area contributed by atoms with Gasteiger partial charge in [-0.2, -0.15) is 0 Å². The van der Waals surface area contributed by atoms with E-state index in [2.05, 4.69) is 10.6 Å². The van der Waals surface area contributed by atoms with Crippen LogP contribution in [0.1, 0.15) is 20.3 Å². The van der Waals surface area contributed by atoms with Crippen LogP contribution in [0.2, 0.25) is 0 Å². The first-order valence-corrected chi connectivity index (χ1v) is 4.86. The van der Waals surface area contributed by atoms with Gasteiger partial charge in [-0.3, -0.25) is 14.4 Å². The maximum Gasteiger partial charge on any atom is 0.322 e. The number of rotatable bonds is 6. The van der Waals surface area contributed by atoms with Gasteiger partial charge in [-0.25, -0.2) is 0 Å². The minimum absolute atomic E-state index is 0.245. The molecule has 0 aromatic carbocycles. The smallest absolute Gasteiger partial charge is 0.322 e. The van der Waals surface area contributed by atoms with Gasteiger partial charge in [0.2, 0.25) is 11.8 Å². The van der Waals surface area contributed by atoms with E-state index in [9.17, 15) is 14.4 Å². The fourth-order valence-electron chi connectivity index (χ4n) is 0.876. The van der Waals surface area contributed by atoms with E-state index in [1.165, 1.54) is 6.92 Å². The first-order valence-electron chi connectivity index (χ1n) is 4.86. The average molecular weight is 232 g/mol. The summed E-state index contributed by atoms with van der Waals surface area (Å²) in [6.07, 6.45) is -0.912. The molecule has 16 heavy (non-hydrogen) atoms. The molecule has 92 valence electrons. The van der Waals surface area contributed by atoms with Gasteiger partial charge in [0.1, 0.15) is 18.7 Å².